The molecule has 3 heteroatoms. The van der Waals surface area contributed by atoms with Crippen molar-refractivity contribution < 1.29 is 9.53 Å². The van der Waals surface area contributed by atoms with Crippen LogP contribution in [0.3, 0.4) is 0 Å². The molecule has 0 bridgehead atoms. The monoisotopic (exact) mass is 183 g/mol. The largest absolute Gasteiger partial charge is 0.377 e. The fraction of sp³-hybridized carbons (Fsp3) is 0.900. The summed E-state index contributed by atoms with van der Waals surface area (Å²) in [6, 6.07) is 0.385. The van der Waals surface area contributed by atoms with Crippen molar-refractivity contribution in [2.45, 2.75) is 26.3 Å². The third kappa shape index (κ3) is 1.46. The second-order valence-electron chi connectivity index (χ2n) is 4.36. The fourth-order valence-corrected chi connectivity index (χ4v) is 2.11. The first-order chi connectivity index (χ1) is 6.20. The maximum absolute atomic E-state index is 11.9. The highest BCUT2D eigenvalue weighted by molar-refractivity contribution is 5.81. The van der Waals surface area contributed by atoms with Crippen LogP contribution < -0.4 is 0 Å². The Balaban J connectivity index is 1.97. The van der Waals surface area contributed by atoms with E-state index in [0.29, 0.717) is 17.9 Å². The molecule has 2 aliphatic heterocycles. The van der Waals surface area contributed by atoms with Crippen molar-refractivity contribution >= 4 is 5.91 Å². The minimum absolute atomic E-state index is 0.264. The van der Waals surface area contributed by atoms with Gasteiger partial charge in [0, 0.05) is 12.5 Å². The van der Waals surface area contributed by atoms with Gasteiger partial charge < -0.3 is 9.64 Å². The van der Waals surface area contributed by atoms with Gasteiger partial charge in [-0.15, -0.1) is 0 Å². The van der Waals surface area contributed by atoms with Crippen LogP contribution in [0.5, 0.6) is 0 Å². The first-order valence-electron chi connectivity index (χ1n) is 5.08. The molecule has 13 heavy (non-hydrogen) atoms. The molecule has 2 saturated heterocycles. The molecule has 74 valence electrons. The van der Waals surface area contributed by atoms with Crippen molar-refractivity contribution in [3.05, 3.63) is 0 Å². The van der Waals surface area contributed by atoms with E-state index in [4.69, 9.17) is 4.74 Å². The summed E-state index contributed by atoms with van der Waals surface area (Å²) in [6.45, 7) is 6.69. The van der Waals surface area contributed by atoms with E-state index in [1.165, 1.54) is 0 Å². The van der Waals surface area contributed by atoms with Crippen molar-refractivity contribution in [3.63, 3.8) is 0 Å². The van der Waals surface area contributed by atoms with E-state index in [1.807, 2.05) is 4.90 Å². The predicted octanol–water partition coefficient (Wildman–Crippen LogP) is 0.890. The molecule has 2 rings (SSSR count). The zero-order valence-electron chi connectivity index (χ0n) is 8.32. The Morgan fingerprint density at radius 1 is 1.46 bits per heavy atom. The lowest BCUT2D eigenvalue weighted by Crippen LogP contribution is -2.50. The van der Waals surface area contributed by atoms with Crippen LogP contribution in [-0.2, 0) is 9.53 Å². The van der Waals surface area contributed by atoms with Gasteiger partial charge in [-0.25, -0.2) is 0 Å². The molecule has 0 aliphatic carbocycles. The SMILES string of the molecule is CC(C)C1CCN(C2COC2)C1=O. The molecular formula is C10H17NO2. The molecule has 0 saturated carbocycles. The molecule has 0 N–H and O–H groups in total. The van der Waals surface area contributed by atoms with Gasteiger partial charge >= 0.3 is 0 Å². The molecule has 0 aromatic carbocycles. The lowest BCUT2D eigenvalue weighted by atomic mass is 9.95. The van der Waals surface area contributed by atoms with Gasteiger partial charge in [-0.05, 0) is 12.3 Å². The number of hydrogen-bond donors (Lipinski definition) is 0. The molecule has 0 radical (unpaired) electrons. The van der Waals surface area contributed by atoms with Gasteiger partial charge in [-0.2, -0.15) is 0 Å². The minimum atomic E-state index is 0.264. The number of carbonyl (C=O) groups excluding carboxylic acids is 1. The van der Waals surface area contributed by atoms with E-state index in [1.54, 1.807) is 0 Å². The van der Waals surface area contributed by atoms with Gasteiger partial charge in [0.1, 0.15) is 0 Å². The fourth-order valence-electron chi connectivity index (χ4n) is 2.11. The minimum Gasteiger partial charge on any atom is -0.377 e. The molecule has 0 spiro atoms. The Morgan fingerprint density at radius 3 is 2.54 bits per heavy atom. The van der Waals surface area contributed by atoms with E-state index in [9.17, 15) is 4.79 Å². The van der Waals surface area contributed by atoms with Crippen LogP contribution in [0, 0.1) is 11.8 Å². The summed E-state index contributed by atoms with van der Waals surface area (Å²) < 4.78 is 5.10. The van der Waals surface area contributed by atoms with Crippen molar-refractivity contribution in [1.29, 1.82) is 0 Å². The number of rotatable bonds is 2. The molecule has 1 unspecified atom stereocenters. The Morgan fingerprint density at radius 2 is 2.15 bits per heavy atom. The summed E-state index contributed by atoms with van der Waals surface area (Å²) in [4.78, 5) is 13.9. The third-order valence-electron chi connectivity index (χ3n) is 3.15. The second kappa shape index (κ2) is 3.29. The van der Waals surface area contributed by atoms with Crippen LogP contribution >= 0.6 is 0 Å². The number of likely N-dealkylation sites (tertiary alicyclic amines) is 1. The van der Waals surface area contributed by atoms with Crippen molar-refractivity contribution in [2.75, 3.05) is 19.8 Å². The van der Waals surface area contributed by atoms with Crippen molar-refractivity contribution in [2.24, 2.45) is 11.8 Å². The second-order valence-corrected chi connectivity index (χ2v) is 4.36. The molecule has 2 aliphatic rings. The first kappa shape index (κ1) is 9.00. The summed E-state index contributed by atoms with van der Waals surface area (Å²) in [5.74, 6) is 1.10. The van der Waals surface area contributed by atoms with Crippen molar-refractivity contribution in [1.82, 2.24) is 4.90 Å². The summed E-state index contributed by atoms with van der Waals surface area (Å²) in [6.07, 6.45) is 1.03. The maximum Gasteiger partial charge on any atom is 0.226 e. The van der Waals surface area contributed by atoms with Gasteiger partial charge in [0.05, 0.1) is 19.3 Å². The summed E-state index contributed by atoms with van der Waals surface area (Å²) >= 11 is 0. The lowest BCUT2D eigenvalue weighted by molar-refractivity contribution is -0.143. The Kier molecular flexibility index (Phi) is 2.28. The highest BCUT2D eigenvalue weighted by atomic mass is 16.5. The normalized spacial score (nSPS) is 29.9. The zero-order chi connectivity index (χ0) is 9.42. The third-order valence-corrected chi connectivity index (χ3v) is 3.15. The van der Waals surface area contributed by atoms with Crippen LogP contribution in [0.4, 0.5) is 0 Å². The molecule has 0 aromatic heterocycles. The first-order valence-corrected chi connectivity index (χ1v) is 5.08. The molecule has 1 amide bonds. The van der Waals surface area contributed by atoms with Crippen LogP contribution in [0.2, 0.25) is 0 Å². The van der Waals surface area contributed by atoms with Crippen LogP contribution in [0.15, 0.2) is 0 Å². The van der Waals surface area contributed by atoms with Gasteiger partial charge in [-0.3, -0.25) is 4.79 Å². The maximum atomic E-state index is 11.9. The van der Waals surface area contributed by atoms with Crippen molar-refractivity contribution in [3.8, 4) is 0 Å². The van der Waals surface area contributed by atoms with Gasteiger partial charge in [0.2, 0.25) is 5.91 Å². The molecule has 1 atom stereocenters. The quantitative estimate of drug-likeness (QED) is 0.636. The average Bonchev–Trinajstić information content (AvgIpc) is 2.29. The number of hydrogen-bond acceptors (Lipinski definition) is 2. The average molecular weight is 183 g/mol. The predicted molar refractivity (Wildman–Crippen MR) is 49.3 cm³/mol. The summed E-state index contributed by atoms with van der Waals surface area (Å²) in [7, 11) is 0. The Hall–Kier alpha value is -0.570. The van der Waals surface area contributed by atoms with E-state index in [2.05, 4.69) is 13.8 Å². The molecule has 2 fully saturated rings. The molecule has 0 aromatic rings. The zero-order valence-corrected chi connectivity index (χ0v) is 8.32. The van der Waals surface area contributed by atoms with E-state index >= 15 is 0 Å². The summed E-state index contributed by atoms with van der Waals surface area (Å²) in [5, 5.41) is 0. The van der Waals surface area contributed by atoms with Crippen LogP contribution in [0.1, 0.15) is 20.3 Å². The topological polar surface area (TPSA) is 29.5 Å². The number of ether oxygens (including phenoxy) is 1. The van der Waals surface area contributed by atoms with Gasteiger partial charge in [0.15, 0.2) is 0 Å². The number of amides is 1. The Bertz CT molecular complexity index is 211. The lowest BCUT2D eigenvalue weighted by Gasteiger charge is -2.34. The Labute approximate surface area is 79.0 Å². The van der Waals surface area contributed by atoms with E-state index in [0.717, 1.165) is 26.2 Å². The number of carbonyl (C=O) groups is 1. The van der Waals surface area contributed by atoms with Crippen LogP contribution in [-0.4, -0.2) is 36.6 Å². The van der Waals surface area contributed by atoms with E-state index < -0.39 is 0 Å². The standard InChI is InChI=1S/C10H17NO2/c1-7(2)9-3-4-11(10(9)12)8-5-13-6-8/h7-9H,3-6H2,1-2H3. The van der Waals surface area contributed by atoms with E-state index in [-0.39, 0.29) is 5.92 Å². The van der Waals surface area contributed by atoms with Gasteiger partial charge in [-0.1, -0.05) is 13.8 Å². The van der Waals surface area contributed by atoms with Crippen LogP contribution in [0.25, 0.3) is 0 Å². The highest BCUT2D eigenvalue weighted by Gasteiger charge is 2.39. The summed E-state index contributed by atoms with van der Waals surface area (Å²) in [5.41, 5.74) is 0. The number of nitrogens with zero attached hydrogens (tertiary/aromatic N) is 1. The molecular weight excluding hydrogens is 166 g/mol. The molecule has 3 nitrogen and oxygen atoms in total. The highest BCUT2D eigenvalue weighted by Crippen LogP contribution is 2.28. The van der Waals surface area contributed by atoms with Gasteiger partial charge in [0.25, 0.3) is 0 Å². The smallest absolute Gasteiger partial charge is 0.226 e. The molecule has 2 heterocycles.